The van der Waals surface area contributed by atoms with E-state index in [1.165, 1.54) is 0 Å². The molecular weight excluding hydrogens is 402 g/mol. The topological polar surface area (TPSA) is 54.2 Å². The van der Waals surface area contributed by atoms with Crippen molar-refractivity contribution in [2.24, 2.45) is 0 Å². The highest BCUT2D eigenvalue weighted by Crippen LogP contribution is 2.38. The van der Waals surface area contributed by atoms with Gasteiger partial charge in [-0.2, -0.15) is 31.3 Å². The van der Waals surface area contributed by atoms with E-state index >= 15 is 0 Å². The highest BCUT2D eigenvalue weighted by molar-refractivity contribution is 5.85. The van der Waals surface area contributed by atoms with Crippen LogP contribution in [0.2, 0.25) is 0 Å². The van der Waals surface area contributed by atoms with Crippen molar-refractivity contribution in [3.8, 4) is 11.5 Å². The van der Waals surface area contributed by atoms with Crippen molar-refractivity contribution in [3.63, 3.8) is 0 Å². The van der Waals surface area contributed by atoms with Crippen LogP contribution >= 0.6 is 12.4 Å². The third-order valence-electron chi connectivity index (χ3n) is 4.09. The lowest BCUT2D eigenvalue weighted by atomic mass is 10.0. The molecule has 27 heavy (non-hydrogen) atoms. The van der Waals surface area contributed by atoms with Gasteiger partial charge in [0.25, 0.3) is 5.89 Å². The molecule has 1 unspecified atom stereocenters. The maximum atomic E-state index is 13.0. The molecule has 0 bridgehead atoms. The molecule has 1 aliphatic rings. The molecule has 0 radical (unpaired) electrons. The molecule has 0 saturated carbocycles. The van der Waals surface area contributed by atoms with Crippen LogP contribution in [0.4, 0.5) is 26.3 Å². The number of halogens is 7. The second kappa shape index (κ2) is 7.64. The number of nitrogens with zero attached hydrogens (tertiary/aromatic N) is 3. The Morgan fingerprint density at radius 3 is 2.19 bits per heavy atom. The first-order valence-corrected chi connectivity index (χ1v) is 7.60. The molecule has 1 aromatic heterocycles. The molecule has 2 aromatic rings. The predicted molar refractivity (Wildman–Crippen MR) is 85.2 cm³/mol. The maximum Gasteiger partial charge on any atom is 0.416 e. The van der Waals surface area contributed by atoms with Crippen LogP contribution in [0.1, 0.15) is 23.0 Å². The van der Waals surface area contributed by atoms with E-state index in [0.29, 0.717) is 25.2 Å². The smallest absolute Gasteiger partial charge is 0.334 e. The normalized spacial score (nSPS) is 19.0. The summed E-state index contributed by atoms with van der Waals surface area (Å²) in [6.45, 7) is 1.93. The Hall–Kier alpha value is -1.85. The van der Waals surface area contributed by atoms with Crippen molar-refractivity contribution in [2.45, 2.75) is 18.4 Å². The van der Waals surface area contributed by atoms with Crippen LogP contribution in [0.15, 0.2) is 22.7 Å². The molecule has 1 aliphatic heterocycles. The van der Waals surface area contributed by atoms with Crippen LogP contribution in [0.5, 0.6) is 0 Å². The average Bonchev–Trinajstić information content (AvgIpc) is 3.03. The van der Waals surface area contributed by atoms with Gasteiger partial charge in [-0.05, 0) is 25.2 Å². The number of aromatic nitrogens is 2. The zero-order valence-corrected chi connectivity index (χ0v) is 14.7. The van der Waals surface area contributed by atoms with Gasteiger partial charge in [-0.25, -0.2) is 0 Å². The lowest BCUT2D eigenvalue weighted by Crippen LogP contribution is -2.44. The molecule has 5 nitrogen and oxygen atoms in total. The second-order valence-electron chi connectivity index (χ2n) is 5.95. The van der Waals surface area contributed by atoms with Crippen LogP contribution in [0.25, 0.3) is 11.5 Å². The Kier molecular flexibility index (Phi) is 6.07. The first kappa shape index (κ1) is 21.5. The van der Waals surface area contributed by atoms with Crippen molar-refractivity contribution in [3.05, 3.63) is 35.2 Å². The molecule has 1 atom stereocenters. The van der Waals surface area contributed by atoms with Gasteiger partial charge in [0, 0.05) is 25.2 Å². The van der Waals surface area contributed by atoms with Crippen LogP contribution in [0.3, 0.4) is 0 Å². The molecule has 1 saturated heterocycles. The number of benzene rings is 1. The van der Waals surface area contributed by atoms with E-state index in [1.54, 1.807) is 0 Å². The van der Waals surface area contributed by atoms with Crippen LogP contribution in [0, 0.1) is 0 Å². The summed E-state index contributed by atoms with van der Waals surface area (Å²) >= 11 is 0. The van der Waals surface area contributed by atoms with Crippen LogP contribution in [-0.4, -0.2) is 41.7 Å². The SMILES string of the molecule is CN1CCNCC1c1noc(-c2cc(C(F)(F)F)cc(C(F)(F)F)c2)n1.Cl. The minimum Gasteiger partial charge on any atom is -0.334 e. The lowest BCUT2D eigenvalue weighted by Gasteiger charge is -2.30. The first-order chi connectivity index (χ1) is 12.1. The van der Waals surface area contributed by atoms with E-state index < -0.39 is 34.9 Å². The van der Waals surface area contributed by atoms with Gasteiger partial charge in [0.1, 0.15) is 0 Å². The number of hydrogen-bond acceptors (Lipinski definition) is 5. The summed E-state index contributed by atoms with van der Waals surface area (Å²) in [7, 11) is 1.81. The summed E-state index contributed by atoms with van der Waals surface area (Å²) < 4.78 is 82.6. The summed E-state index contributed by atoms with van der Waals surface area (Å²) in [5, 5.41) is 6.83. The van der Waals surface area contributed by atoms with Gasteiger partial charge in [0.15, 0.2) is 5.82 Å². The molecule has 1 fully saturated rings. The van der Waals surface area contributed by atoms with Crippen molar-refractivity contribution < 1.29 is 30.9 Å². The fraction of sp³-hybridized carbons (Fsp3) is 0.467. The van der Waals surface area contributed by atoms with Gasteiger partial charge in [-0.15, -0.1) is 12.4 Å². The number of alkyl halides is 6. The highest BCUT2D eigenvalue weighted by atomic mass is 35.5. The minimum absolute atomic E-state index is 0. The van der Waals surface area contributed by atoms with Crippen molar-refractivity contribution in [2.75, 3.05) is 26.7 Å². The second-order valence-corrected chi connectivity index (χ2v) is 5.95. The van der Waals surface area contributed by atoms with Gasteiger partial charge in [0.05, 0.1) is 17.2 Å². The quantitative estimate of drug-likeness (QED) is 0.755. The highest BCUT2D eigenvalue weighted by Gasteiger charge is 2.37. The Labute approximate surface area is 156 Å². The van der Waals surface area contributed by atoms with Crippen LogP contribution < -0.4 is 5.32 Å². The number of piperazine rings is 1. The third kappa shape index (κ3) is 4.71. The number of nitrogens with one attached hydrogen (secondary N) is 1. The molecule has 0 amide bonds. The Morgan fingerprint density at radius 2 is 1.67 bits per heavy atom. The molecular formula is C15H15ClF6N4O. The lowest BCUT2D eigenvalue weighted by molar-refractivity contribution is -0.143. The maximum absolute atomic E-state index is 13.0. The number of likely N-dealkylation sites (N-methyl/N-ethyl adjacent to an activating group) is 1. The van der Waals surface area contributed by atoms with Crippen LogP contribution in [-0.2, 0) is 12.4 Å². The van der Waals surface area contributed by atoms with Crippen molar-refractivity contribution >= 4 is 12.4 Å². The zero-order chi connectivity index (χ0) is 19.1. The molecule has 12 heteroatoms. The number of hydrogen-bond donors (Lipinski definition) is 1. The number of rotatable bonds is 2. The molecule has 3 rings (SSSR count). The van der Waals surface area contributed by atoms with Crippen molar-refractivity contribution in [1.29, 1.82) is 0 Å². The first-order valence-electron chi connectivity index (χ1n) is 7.60. The van der Waals surface area contributed by atoms with E-state index in [9.17, 15) is 26.3 Å². The van der Waals surface area contributed by atoms with E-state index in [1.807, 2.05) is 11.9 Å². The fourth-order valence-corrected chi connectivity index (χ4v) is 2.66. The molecule has 1 N–H and O–H groups in total. The predicted octanol–water partition coefficient (Wildman–Crippen LogP) is 3.77. The summed E-state index contributed by atoms with van der Waals surface area (Å²) in [6, 6.07) is 0.902. The Morgan fingerprint density at radius 1 is 1.07 bits per heavy atom. The third-order valence-corrected chi connectivity index (χ3v) is 4.09. The van der Waals surface area contributed by atoms with Gasteiger partial charge >= 0.3 is 12.4 Å². The van der Waals surface area contributed by atoms with Gasteiger partial charge in [-0.1, -0.05) is 5.16 Å². The summed E-state index contributed by atoms with van der Waals surface area (Å²) in [5.74, 6) is -0.198. The molecule has 0 aliphatic carbocycles. The van der Waals surface area contributed by atoms with Crippen molar-refractivity contribution in [1.82, 2.24) is 20.4 Å². The zero-order valence-electron chi connectivity index (χ0n) is 13.9. The van der Waals surface area contributed by atoms with Gasteiger partial charge < -0.3 is 9.84 Å². The average molecular weight is 417 g/mol. The summed E-state index contributed by atoms with van der Waals surface area (Å²) in [5.41, 5.74) is -3.30. The molecule has 1 aromatic carbocycles. The standard InChI is InChI=1S/C15H14F6N4O.ClH/c1-25-3-2-22-7-11(25)12-23-13(26-24-12)8-4-9(14(16,17)18)6-10(5-8)15(19,20)21;/h4-6,11,22H,2-3,7H2,1H3;1H. The van der Waals surface area contributed by atoms with E-state index in [0.717, 1.165) is 6.54 Å². The van der Waals surface area contributed by atoms with E-state index in [-0.39, 0.29) is 30.3 Å². The molecule has 150 valence electrons. The van der Waals surface area contributed by atoms with E-state index in [2.05, 4.69) is 15.5 Å². The fourth-order valence-electron chi connectivity index (χ4n) is 2.66. The summed E-state index contributed by atoms with van der Waals surface area (Å²) in [6.07, 6.45) is -9.88. The van der Waals surface area contributed by atoms with Gasteiger partial charge in [0.2, 0.25) is 0 Å². The molecule has 0 spiro atoms. The minimum atomic E-state index is -4.94. The molecule has 2 heterocycles. The monoisotopic (exact) mass is 416 g/mol. The van der Waals surface area contributed by atoms with Gasteiger partial charge in [-0.3, -0.25) is 4.90 Å². The Balaban J connectivity index is 0.00000261. The van der Waals surface area contributed by atoms with E-state index in [4.69, 9.17) is 4.52 Å². The summed E-state index contributed by atoms with van der Waals surface area (Å²) in [4.78, 5) is 5.92. The Bertz CT molecular complexity index is 759. The largest absolute Gasteiger partial charge is 0.416 e.